The van der Waals surface area contributed by atoms with Crippen LogP contribution in [0.25, 0.3) is 10.1 Å². The maximum Gasteiger partial charge on any atom is 0.0345 e. The Labute approximate surface area is 127 Å². The minimum atomic E-state index is 0.621. The zero-order valence-corrected chi connectivity index (χ0v) is 13.8. The zero-order chi connectivity index (χ0) is 14.4. The van der Waals surface area contributed by atoms with Gasteiger partial charge in [0.05, 0.1) is 0 Å². The molecule has 0 fully saturated rings. The fraction of sp³-hybridized carbons (Fsp3) is 0.556. The molecule has 0 aliphatic carbocycles. The lowest BCUT2D eigenvalue weighted by Gasteiger charge is -2.19. The van der Waals surface area contributed by atoms with Crippen molar-refractivity contribution >= 4 is 21.4 Å². The first-order chi connectivity index (χ1) is 9.70. The van der Waals surface area contributed by atoms with Crippen LogP contribution in [-0.4, -0.2) is 12.6 Å². The summed E-state index contributed by atoms with van der Waals surface area (Å²) in [6.07, 6.45) is 4.96. The standard InChI is InChI=1S/C18H27NS/c1-4-11-19-16(10-9-14(2)3)12-15-13-20-18-8-6-5-7-17(15)18/h5-8,13-14,16,19H,4,9-12H2,1-3H3. The van der Waals surface area contributed by atoms with Crippen LogP contribution in [0, 0.1) is 5.92 Å². The van der Waals surface area contributed by atoms with Gasteiger partial charge in [-0.25, -0.2) is 0 Å². The highest BCUT2D eigenvalue weighted by molar-refractivity contribution is 7.17. The number of hydrogen-bond acceptors (Lipinski definition) is 2. The summed E-state index contributed by atoms with van der Waals surface area (Å²) in [5.41, 5.74) is 1.52. The van der Waals surface area contributed by atoms with E-state index in [1.54, 1.807) is 0 Å². The Morgan fingerprint density at radius 3 is 2.70 bits per heavy atom. The lowest BCUT2D eigenvalue weighted by atomic mass is 9.97. The van der Waals surface area contributed by atoms with E-state index >= 15 is 0 Å². The smallest absolute Gasteiger partial charge is 0.0345 e. The lowest BCUT2D eigenvalue weighted by molar-refractivity contribution is 0.428. The van der Waals surface area contributed by atoms with Gasteiger partial charge in [0.15, 0.2) is 0 Å². The van der Waals surface area contributed by atoms with Crippen LogP contribution in [0.2, 0.25) is 0 Å². The van der Waals surface area contributed by atoms with Crippen LogP contribution in [0.1, 0.15) is 45.6 Å². The van der Waals surface area contributed by atoms with Gasteiger partial charge >= 0.3 is 0 Å². The Morgan fingerprint density at radius 2 is 1.95 bits per heavy atom. The molecule has 1 unspecified atom stereocenters. The van der Waals surface area contributed by atoms with E-state index in [1.165, 1.54) is 34.9 Å². The Balaban J connectivity index is 2.05. The van der Waals surface area contributed by atoms with E-state index in [4.69, 9.17) is 0 Å². The number of benzene rings is 1. The van der Waals surface area contributed by atoms with Crippen LogP contribution in [0.5, 0.6) is 0 Å². The Kier molecular flexibility index (Phi) is 6.06. The van der Waals surface area contributed by atoms with Crippen molar-refractivity contribution in [2.45, 2.75) is 52.5 Å². The first-order valence-electron chi connectivity index (χ1n) is 7.89. The predicted molar refractivity (Wildman–Crippen MR) is 91.7 cm³/mol. The van der Waals surface area contributed by atoms with E-state index < -0.39 is 0 Å². The van der Waals surface area contributed by atoms with Crippen LogP contribution < -0.4 is 5.32 Å². The maximum absolute atomic E-state index is 3.73. The molecule has 2 heteroatoms. The van der Waals surface area contributed by atoms with Gasteiger partial charge in [-0.15, -0.1) is 11.3 Å². The molecule has 2 aromatic rings. The zero-order valence-electron chi connectivity index (χ0n) is 13.0. The molecule has 0 aliphatic rings. The minimum Gasteiger partial charge on any atom is -0.314 e. The molecular formula is C18H27NS. The first kappa shape index (κ1) is 15.5. The Bertz CT molecular complexity index is 515. The summed E-state index contributed by atoms with van der Waals surface area (Å²) in [6, 6.07) is 9.40. The quantitative estimate of drug-likeness (QED) is 0.700. The molecule has 0 amide bonds. The summed E-state index contributed by atoms with van der Waals surface area (Å²) in [5, 5.41) is 7.53. The summed E-state index contributed by atoms with van der Waals surface area (Å²) >= 11 is 1.88. The van der Waals surface area contributed by atoms with Crippen molar-refractivity contribution in [3.05, 3.63) is 35.2 Å². The average Bonchev–Trinajstić information content (AvgIpc) is 2.85. The normalized spacial score (nSPS) is 13.2. The molecule has 1 nitrogen and oxygen atoms in total. The van der Waals surface area contributed by atoms with Crippen LogP contribution in [-0.2, 0) is 6.42 Å². The van der Waals surface area contributed by atoms with Gasteiger partial charge in [-0.3, -0.25) is 0 Å². The van der Waals surface area contributed by atoms with Crippen LogP contribution >= 0.6 is 11.3 Å². The molecule has 20 heavy (non-hydrogen) atoms. The van der Waals surface area contributed by atoms with Gasteiger partial charge in [-0.05, 0) is 60.5 Å². The number of fused-ring (bicyclic) bond motifs is 1. The molecule has 1 N–H and O–H groups in total. The van der Waals surface area contributed by atoms with E-state index in [0.717, 1.165) is 18.9 Å². The lowest BCUT2D eigenvalue weighted by Crippen LogP contribution is -2.32. The molecule has 1 heterocycles. The molecule has 2 rings (SSSR count). The topological polar surface area (TPSA) is 12.0 Å². The highest BCUT2D eigenvalue weighted by atomic mass is 32.1. The third kappa shape index (κ3) is 4.32. The van der Waals surface area contributed by atoms with Crippen molar-refractivity contribution < 1.29 is 0 Å². The van der Waals surface area contributed by atoms with Gasteiger partial charge < -0.3 is 5.32 Å². The Morgan fingerprint density at radius 1 is 1.15 bits per heavy atom. The summed E-state index contributed by atoms with van der Waals surface area (Å²) in [7, 11) is 0. The predicted octanol–water partition coefficient (Wildman–Crippen LogP) is 5.25. The van der Waals surface area contributed by atoms with Gasteiger partial charge in [0.2, 0.25) is 0 Å². The average molecular weight is 289 g/mol. The second kappa shape index (κ2) is 7.80. The molecule has 1 atom stereocenters. The maximum atomic E-state index is 3.73. The first-order valence-corrected chi connectivity index (χ1v) is 8.77. The van der Waals surface area contributed by atoms with Gasteiger partial charge in [-0.2, -0.15) is 0 Å². The number of nitrogens with one attached hydrogen (secondary N) is 1. The van der Waals surface area contributed by atoms with Crippen molar-refractivity contribution in [1.29, 1.82) is 0 Å². The number of hydrogen-bond donors (Lipinski definition) is 1. The molecule has 0 radical (unpaired) electrons. The molecule has 0 spiro atoms. The largest absolute Gasteiger partial charge is 0.314 e. The molecular weight excluding hydrogens is 262 g/mol. The van der Waals surface area contributed by atoms with Crippen LogP contribution in [0.3, 0.4) is 0 Å². The summed E-state index contributed by atoms with van der Waals surface area (Å²) in [4.78, 5) is 0. The van der Waals surface area contributed by atoms with Gasteiger partial charge in [0.1, 0.15) is 0 Å². The van der Waals surface area contributed by atoms with Gasteiger partial charge in [0.25, 0.3) is 0 Å². The summed E-state index contributed by atoms with van der Waals surface area (Å²) < 4.78 is 1.42. The van der Waals surface area contributed by atoms with Crippen molar-refractivity contribution in [3.8, 4) is 0 Å². The molecule has 0 aliphatic heterocycles. The van der Waals surface area contributed by atoms with Crippen molar-refractivity contribution in [1.82, 2.24) is 5.32 Å². The van der Waals surface area contributed by atoms with E-state index in [-0.39, 0.29) is 0 Å². The van der Waals surface area contributed by atoms with Gasteiger partial charge in [-0.1, -0.05) is 39.0 Å². The molecule has 1 aromatic heterocycles. The Hall–Kier alpha value is -0.860. The second-order valence-corrected chi connectivity index (χ2v) is 6.99. The third-order valence-electron chi connectivity index (χ3n) is 3.80. The molecule has 0 saturated carbocycles. The van der Waals surface area contributed by atoms with E-state index in [2.05, 4.69) is 55.7 Å². The van der Waals surface area contributed by atoms with E-state index in [9.17, 15) is 0 Å². The highest BCUT2D eigenvalue weighted by Crippen LogP contribution is 2.27. The van der Waals surface area contributed by atoms with E-state index in [1.807, 2.05) is 11.3 Å². The fourth-order valence-electron chi connectivity index (χ4n) is 2.62. The third-order valence-corrected chi connectivity index (χ3v) is 4.82. The SMILES string of the molecule is CCCNC(CCC(C)C)Cc1csc2ccccc12. The number of rotatable bonds is 8. The molecule has 110 valence electrons. The van der Waals surface area contributed by atoms with E-state index in [0.29, 0.717) is 6.04 Å². The van der Waals surface area contributed by atoms with Crippen molar-refractivity contribution in [3.63, 3.8) is 0 Å². The fourth-order valence-corrected chi connectivity index (χ4v) is 3.59. The molecule has 1 aromatic carbocycles. The number of thiophene rings is 1. The van der Waals surface area contributed by atoms with Crippen molar-refractivity contribution in [2.24, 2.45) is 5.92 Å². The second-order valence-electron chi connectivity index (χ2n) is 6.08. The molecule has 0 bridgehead atoms. The van der Waals surface area contributed by atoms with Crippen LogP contribution in [0.4, 0.5) is 0 Å². The summed E-state index contributed by atoms with van der Waals surface area (Å²) in [5.74, 6) is 0.792. The van der Waals surface area contributed by atoms with Crippen molar-refractivity contribution in [2.75, 3.05) is 6.54 Å². The molecule has 0 saturated heterocycles. The highest BCUT2D eigenvalue weighted by Gasteiger charge is 2.12. The minimum absolute atomic E-state index is 0.621. The summed E-state index contributed by atoms with van der Waals surface area (Å²) in [6.45, 7) is 8.01. The van der Waals surface area contributed by atoms with Crippen LogP contribution in [0.15, 0.2) is 29.6 Å². The monoisotopic (exact) mass is 289 g/mol. The van der Waals surface area contributed by atoms with Gasteiger partial charge in [0, 0.05) is 10.7 Å².